The second-order valence-corrected chi connectivity index (χ2v) is 9.86. The van der Waals surface area contributed by atoms with Crippen LogP contribution in [-0.4, -0.2) is 86.3 Å². The molecule has 2 atom stereocenters. The number of ketones is 1. The third-order valence-electron chi connectivity index (χ3n) is 7.42. The molecular weight excluding hydrogens is 488 g/mol. The number of ether oxygens (including phenoxy) is 4. The van der Waals surface area contributed by atoms with Gasteiger partial charge in [0.05, 0.1) is 39.0 Å². The van der Waals surface area contributed by atoms with Crippen LogP contribution in [0.4, 0.5) is 0 Å². The van der Waals surface area contributed by atoms with Crippen LogP contribution in [0.15, 0.2) is 42.0 Å². The molecule has 38 heavy (non-hydrogen) atoms. The number of carbonyl (C=O) groups is 2. The topological polar surface area (TPSA) is 97.8 Å². The molecule has 1 amide bonds. The first-order chi connectivity index (χ1) is 18.4. The van der Waals surface area contributed by atoms with E-state index < -0.39 is 17.7 Å². The maximum absolute atomic E-state index is 13.5. The highest BCUT2D eigenvalue weighted by Crippen LogP contribution is 2.44. The largest absolute Gasteiger partial charge is 0.507 e. The zero-order chi connectivity index (χ0) is 26.8. The van der Waals surface area contributed by atoms with Crippen molar-refractivity contribution in [3.8, 4) is 17.2 Å². The van der Waals surface area contributed by atoms with E-state index in [1.54, 1.807) is 42.3 Å². The number of hydrogen-bond donors (Lipinski definition) is 1. The number of methoxy groups -OCH3 is 2. The molecule has 9 heteroatoms. The summed E-state index contributed by atoms with van der Waals surface area (Å²) in [7, 11) is 3.09. The minimum atomic E-state index is -0.826. The van der Waals surface area contributed by atoms with Gasteiger partial charge in [0.2, 0.25) is 0 Å². The first-order valence-electron chi connectivity index (χ1n) is 13.0. The summed E-state index contributed by atoms with van der Waals surface area (Å²) in [6.45, 7) is 6.17. The van der Waals surface area contributed by atoms with Gasteiger partial charge in [-0.15, -0.1) is 0 Å². The molecule has 2 aromatic carbocycles. The predicted molar refractivity (Wildman–Crippen MR) is 141 cm³/mol. The number of morpholine rings is 1. The fourth-order valence-corrected chi connectivity index (χ4v) is 5.50. The molecule has 5 rings (SSSR count). The molecule has 2 saturated heterocycles. The Labute approximate surface area is 222 Å². The predicted octanol–water partition coefficient (Wildman–Crippen LogP) is 3.17. The van der Waals surface area contributed by atoms with Crippen molar-refractivity contribution < 1.29 is 33.6 Å². The average molecular weight is 523 g/mol. The standard InChI is InChI=1S/C29H34N2O7/c1-18-15-20-16-19(5-7-23(20)38-18)27(32)25-26(22-17-21(35-2)6-8-24(22)36-3)31(29(34)28(25)33)10-4-9-30-11-13-37-14-12-30/h5-8,16-18,26,32H,4,9-15H2,1-3H3/b27-25+. The summed E-state index contributed by atoms with van der Waals surface area (Å²) in [6.07, 6.45) is 1.42. The zero-order valence-corrected chi connectivity index (χ0v) is 22.1. The second kappa shape index (κ2) is 11.0. The van der Waals surface area contributed by atoms with Crippen molar-refractivity contribution in [1.29, 1.82) is 0 Å². The van der Waals surface area contributed by atoms with Gasteiger partial charge in [-0.25, -0.2) is 0 Å². The van der Waals surface area contributed by atoms with E-state index in [0.29, 0.717) is 55.2 Å². The number of hydrogen-bond acceptors (Lipinski definition) is 8. The highest BCUT2D eigenvalue weighted by Gasteiger charge is 2.47. The number of aliphatic hydroxyl groups excluding tert-OH is 1. The fourth-order valence-electron chi connectivity index (χ4n) is 5.50. The molecule has 0 bridgehead atoms. The van der Waals surface area contributed by atoms with Crippen molar-refractivity contribution in [2.45, 2.75) is 31.9 Å². The SMILES string of the molecule is COc1ccc(OC)c(C2/C(=C(\O)c3ccc4c(c3)CC(C)O4)C(=O)C(=O)N2CCCN2CCOCC2)c1. The number of rotatable bonds is 8. The van der Waals surface area contributed by atoms with E-state index in [1.165, 1.54) is 7.11 Å². The van der Waals surface area contributed by atoms with Gasteiger partial charge in [-0.05, 0) is 55.3 Å². The number of benzene rings is 2. The molecule has 0 radical (unpaired) electrons. The highest BCUT2D eigenvalue weighted by atomic mass is 16.5. The van der Waals surface area contributed by atoms with Crippen LogP contribution in [0.5, 0.6) is 17.2 Å². The van der Waals surface area contributed by atoms with Crippen molar-refractivity contribution in [3.63, 3.8) is 0 Å². The maximum atomic E-state index is 13.5. The molecule has 3 heterocycles. The van der Waals surface area contributed by atoms with Crippen LogP contribution in [0.25, 0.3) is 5.76 Å². The molecule has 1 N–H and O–H groups in total. The number of likely N-dealkylation sites (tertiary alicyclic amines) is 1. The van der Waals surface area contributed by atoms with E-state index >= 15 is 0 Å². The Morgan fingerprint density at radius 3 is 2.58 bits per heavy atom. The van der Waals surface area contributed by atoms with Gasteiger partial charge in [0, 0.05) is 43.7 Å². The molecule has 0 aliphatic carbocycles. The van der Waals surface area contributed by atoms with Gasteiger partial charge in [-0.1, -0.05) is 0 Å². The second-order valence-electron chi connectivity index (χ2n) is 9.86. The van der Waals surface area contributed by atoms with Gasteiger partial charge in [0.15, 0.2) is 0 Å². The lowest BCUT2D eigenvalue weighted by molar-refractivity contribution is -0.140. The van der Waals surface area contributed by atoms with Gasteiger partial charge >= 0.3 is 0 Å². The number of aliphatic hydroxyl groups is 1. The lowest BCUT2D eigenvalue weighted by Gasteiger charge is -2.29. The van der Waals surface area contributed by atoms with Crippen molar-refractivity contribution in [1.82, 2.24) is 9.80 Å². The summed E-state index contributed by atoms with van der Waals surface area (Å²) in [6, 6.07) is 9.79. The molecule has 0 saturated carbocycles. The molecule has 3 aliphatic rings. The van der Waals surface area contributed by atoms with Crippen LogP contribution in [0.3, 0.4) is 0 Å². The lowest BCUT2D eigenvalue weighted by atomic mass is 9.93. The van der Waals surface area contributed by atoms with Crippen LogP contribution in [0.1, 0.15) is 36.1 Å². The first-order valence-corrected chi connectivity index (χ1v) is 13.0. The van der Waals surface area contributed by atoms with Crippen LogP contribution < -0.4 is 14.2 Å². The van der Waals surface area contributed by atoms with Crippen LogP contribution >= 0.6 is 0 Å². The summed E-state index contributed by atoms with van der Waals surface area (Å²) in [4.78, 5) is 30.7. The quantitative estimate of drug-likeness (QED) is 0.321. The van der Waals surface area contributed by atoms with Crippen LogP contribution in [-0.2, 0) is 20.7 Å². The third-order valence-corrected chi connectivity index (χ3v) is 7.42. The molecule has 0 aromatic heterocycles. The zero-order valence-electron chi connectivity index (χ0n) is 22.1. The Kier molecular flexibility index (Phi) is 7.58. The minimum Gasteiger partial charge on any atom is -0.507 e. The lowest BCUT2D eigenvalue weighted by Crippen LogP contribution is -2.39. The van der Waals surface area contributed by atoms with Crippen molar-refractivity contribution in [2.75, 3.05) is 53.6 Å². The van der Waals surface area contributed by atoms with E-state index in [9.17, 15) is 14.7 Å². The Bertz CT molecular complexity index is 1250. The molecule has 9 nitrogen and oxygen atoms in total. The minimum absolute atomic E-state index is 0.0415. The van der Waals surface area contributed by atoms with Crippen LogP contribution in [0.2, 0.25) is 0 Å². The summed E-state index contributed by atoms with van der Waals surface area (Å²) in [5.74, 6) is 0.261. The van der Waals surface area contributed by atoms with E-state index in [4.69, 9.17) is 18.9 Å². The number of fused-ring (bicyclic) bond motifs is 1. The summed E-state index contributed by atoms with van der Waals surface area (Å²) >= 11 is 0. The Hall–Kier alpha value is -3.56. The number of amides is 1. The number of nitrogens with zero attached hydrogens (tertiary/aromatic N) is 2. The Balaban J connectivity index is 1.55. The van der Waals surface area contributed by atoms with Gasteiger partial charge in [-0.2, -0.15) is 0 Å². The normalized spacial score (nSPS) is 22.9. The van der Waals surface area contributed by atoms with Crippen molar-refractivity contribution in [3.05, 3.63) is 58.7 Å². The smallest absolute Gasteiger partial charge is 0.295 e. The summed E-state index contributed by atoms with van der Waals surface area (Å²) in [5, 5.41) is 11.5. The van der Waals surface area contributed by atoms with Gasteiger partial charge < -0.3 is 29.0 Å². The van der Waals surface area contributed by atoms with Gasteiger partial charge in [-0.3, -0.25) is 14.5 Å². The average Bonchev–Trinajstić information content (AvgIpc) is 3.43. The molecule has 2 fully saturated rings. The molecule has 202 valence electrons. The van der Waals surface area contributed by atoms with E-state index in [-0.39, 0.29) is 17.4 Å². The molecule has 2 unspecified atom stereocenters. The van der Waals surface area contributed by atoms with E-state index in [1.807, 2.05) is 13.0 Å². The van der Waals surface area contributed by atoms with E-state index in [0.717, 1.165) is 30.9 Å². The van der Waals surface area contributed by atoms with Crippen molar-refractivity contribution >= 4 is 17.4 Å². The summed E-state index contributed by atoms with van der Waals surface area (Å²) < 4.78 is 22.3. The van der Waals surface area contributed by atoms with Crippen molar-refractivity contribution in [2.24, 2.45) is 0 Å². The highest BCUT2D eigenvalue weighted by molar-refractivity contribution is 6.46. The number of carbonyl (C=O) groups excluding carboxylic acids is 2. The first kappa shape index (κ1) is 26.1. The molecular formula is C29H34N2O7. The molecule has 3 aliphatic heterocycles. The van der Waals surface area contributed by atoms with E-state index in [2.05, 4.69) is 4.90 Å². The third kappa shape index (κ3) is 4.96. The fraction of sp³-hybridized carbons (Fsp3) is 0.448. The summed E-state index contributed by atoms with van der Waals surface area (Å²) in [5.41, 5.74) is 2.05. The van der Waals surface area contributed by atoms with Gasteiger partial charge in [0.1, 0.15) is 29.1 Å². The molecule has 0 spiro atoms. The van der Waals surface area contributed by atoms with Crippen LogP contribution in [0, 0.1) is 0 Å². The number of Topliss-reactive ketones (excluding diaryl/α,β-unsaturated/α-hetero) is 1. The van der Waals surface area contributed by atoms with Gasteiger partial charge in [0.25, 0.3) is 11.7 Å². The Morgan fingerprint density at radius 2 is 1.84 bits per heavy atom. The maximum Gasteiger partial charge on any atom is 0.295 e. The Morgan fingerprint density at radius 1 is 1.05 bits per heavy atom. The molecule has 2 aromatic rings. The monoisotopic (exact) mass is 522 g/mol.